The third kappa shape index (κ3) is 1.46. The second-order valence-corrected chi connectivity index (χ2v) is 4.79. The maximum atomic E-state index is 13.7. The molecule has 0 atom stereocenters. The van der Waals surface area contributed by atoms with Crippen molar-refractivity contribution in [1.29, 1.82) is 0 Å². The van der Waals surface area contributed by atoms with Gasteiger partial charge in [-0.25, -0.2) is 9.37 Å². The summed E-state index contributed by atoms with van der Waals surface area (Å²) in [6.45, 7) is 0. The molecule has 0 amide bonds. The van der Waals surface area contributed by atoms with E-state index in [1.807, 2.05) is 0 Å². The summed E-state index contributed by atoms with van der Waals surface area (Å²) in [6, 6.07) is 3.26. The molecule has 0 unspecified atom stereocenters. The highest BCUT2D eigenvalue weighted by molar-refractivity contribution is 9.10. The van der Waals surface area contributed by atoms with E-state index < -0.39 is 5.82 Å². The van der Waals surface area contributed by atoms with E-state index in [2.05, 4.69) is 25.9 Å². The normalized spacial score (nSPS) is 15.6. The van der Waals surface area contributed by atoms with E-state index in [0.717, 1.165) is 12.8 Å². The van der Waals surface area contributed by atoms with Crippen molar-refractivity contribution < 1.29 is 9.50 Å². The number of hydrogen-bond donors (Lipinski definition) is 1. The van der Waals surface area contributed by atoms with Crippen molar-refractivity contribution in [3.05, 3.63) is 28.2 Å². The zero-order valence-electron chi connectivity index (χ0n) is 8.24. The largest absolute Gasteiger partial charge is 0.493 e. The smallest absolute Gasteiger partial charge is 0.225 e. The minimum Gasteiger partial charge on any atom is -0.493 e. The fraction of sp³-hybridized carbons (Fsp3) is 0.273. The van der Waals surface area contributed by atoms with Crippen LogP contribution in [0.3, 0.4) is 0 Å². The lowest BCUT2D eigenvalue weighted by Gasteiger charge is -2.05. The first-order chi connectivity index (χ1) is 7.66. The molecular formula is C11H8BrFN2O. The van der Waals surface area contributed by atoms with Gasteiger partial charge in [0.1, 0.15) is 5.82 Å². The number of aromatic nitrogens is 2. The van der Waals surface area contributed by atoms with Crippen molar-refractivity contribution in [2.45, 2.75) is 18.8 Å². The molecule has 1 heterocycles. The predicted octanol–water partition coefficient (Wildman–Crippen LogP) is 3.11. The van der Waals surface area contributed by atoms with Crippen LogP contribution >= 0.6 is 15.9 Å². The molecule has 82 valence electrons. The highest BCUT2D eigenvalue weighted by Gasteiger charge is 2.28. The van der Waals surface area contributed by atoms with Crippen LogP contribution in [0.25, 0.3) is 10.9 Å². The van der Waals surface area contributed by atoms with Gasteiger partial charge in [-0.2, -0.15) is 4.98 Å². The van der Waals surface area contributed by atoms with E-state index in [-0.39, 0.29) is 11.3 Å². The maximum absolute atomic E-state index is 13.7. The van der Waals surface area contributed by atoms with Gasteiger partial charge in [-0.05, 0) is 40.9 Å². The van der Waals surface area contributed by atoms with E-state index in [1.165, 1.54) is 0 Å². The molecule has 3 rings (SSSR count). The van der Waals surface area contributed by atoms with Crippen molar-refractivity contribution >= 4 is 26.8 Å². The van der Waals surface area contributed by atoms with Crippen molar-refractivity contribution in [3.8, 4) is 5.88 Å². The summed E-state index contributed by atoms with van der Waals surface area (Å²) in [5.74, 6) is 0.164. The van der Waals surface area contributed by atoms with Crippen LogP contribution < -0.4 is 0 Å². The van der Waals surface area contributed by atoms with Crippen molar-refractivity contribution in [1.82, 2.24) is 9.97 Å². The average Bonchev–Trinajstić information content (AvgIpc) is 3.06. The van der Waals surface area contributed by atoms with Crippen LogP contribution in [0.2, 0.25) is 0 Å². The average molecular weight is 283 g/mol. The molecule has 0 saturated heterocycles. The van der Waals surface area contributed by atoms with E-state index in [0.29, 0.717) is 21.7 Å². The minimum atomic E-state index is -0.516. The van der Waals surface area contributed by atoms with Gasteiger partial charge in [0.2, 0.25) is 5.88 Å². The molecule has 0 bridgehead atoms. The third-order valence-electron chi connectivity index (χ3n) is 2.69. The molecule has 1 aliphatic carbocycles. The maximum Gasteiger partial charge on any atom is 0.225 e. The molecule has 3 nitrogen and oxygen atoms in total. The Balaban J connectivity index is 2.32. The van der Waals surface area contributed by atoms with E-state index in [9.17, 15) is 9.50 Å². The molecule has 1 aromatic carbocycles. The Kier molecular flexibility index (Phi) is 2.10. The fourth-order valence-corrected chi connectivity index (χ4v) is 2.01. The Hall–Kier alpha value is -1.23. The van der Waals surface area contributed by atoms with Gasteiger partial charge in [-0.3, -0.25) is 0 Å². The highest BCUT2D eigenvalue weighted by Crippen LogP contribution is 2.40. The predicted molar refractivity (Wildman–Crippen MR) is 60.8 cm³/mol. The minimum absolute atomic E-state index is 0.0822. The molecule has 16 heavy (non-hydrogen) atoms. The summed E-state index contributed by atoms with van der Waals surface area (Å²) in [6.07, 6.45) is 2.09. The lowest BCUT2D eigenvalue weighted by atomic mass is 10.2. The van der Waals surface area contributed by atoms with Crippen LogP contribution in [0.4, 0.5) is 4.39 Å². The summed E-state index contributed by atoms with van der Waals surface area (Å²) in [7, 11) is 0. The zero-order valence-corrected chi connectivity index (χ0v) is 9.83. The van der Waals surface area contributed by atoms with Crippen molar-refractivity contribution in [3.63, 3.8) is 0 Å². The molecule has 0 spiro atoms. The van der Waals surface area contributed by atoms with Crippen LogP contribution in [-0.2, 0) is 0 Å². The van der Waals surface area contributed by atoms with Gasteiger partial charge in [0.05, 0.1) is 15.4 Å². The zero-order chi connectivity index (χ0) is 11.3. The van der Waals surface area contributed by atoms with Gasteiger partial charge in [-0.1, -0.05) is 0 Å². The van der Waals surface area contributed by atoms with E-state index in [1.54, 1.807) is 12.1 Å². The number of rotatable bonds is 1. The molecule has 1 aromatic heterocycles. The topological polar surface area (TPSA) is 46.0 Å². The van der Waals surface area contributed by atoms with Gasteiger partial charge < -0.3 is 5.11 Å². The molecule has 1 fully saturated rings. The fourth-order valence-electron chi connectivity index (χ4n) is 1.68. The van der Waals surface area contributed by atoms with E-state index >= 15 is 0 Å². The Morgan fingerprint density at radius 3 is 2.75 bits per heavy atom. The van der Waals surface area contributed by atoms with Gasteiger partial charge >= 0.3 is 0 Å². The number of benzene rings is 1. The molecule has 1 saturated carbocycles. The first kappa shape index (κ1) is 9.96. The van der Waals surface area contributed by atoms with Crippen LogP contribution in [-0.4, -0.2) is 15.1 Å². The molecule has 0 radical (unpaired) electrons. The summed E-state index contributed by atoms with van der Waals surface area (Å²) < 4.78 is 14.0. The Morgan fingerprint density at radius 2 is 2.06 bits per heavy atom. The second kappa shape index (κ2) is 3.38. The van der Waals surface area contributed by atoms with Gasteiger partial charge in [0.15, 0.2) is 5.82 Å². The van der Waals surface area contributed by atoms with Crippen LogP contribution in [0.15, 0.2) is 16.6 Å². The van der Waals surface area contributed by atoms with Crippen LogP contribution in [0.1, 0.15) is 24.6 Å². The molecule has 0 aliphatic heterocycles. The van der Waals surface area contributed by atoms with Gasteiger partial charge in [-0.15, -0.1) is 0 Å². The summed E-state index contributed by atoms with van der Waals surface area (Å²) in [4.78, 5) is 8.22. The highest BCUT2D eigenvalue weighted by atomic mass is 79.9. The molecule has 5 heteroatoms. The quantitative estimate of drug-likeness (QED) is 0.874. The molecule has 1 N–H and O–H groups in total. The Labute approximate surface area is 99.5 Å². The monoisotopic (exact) mass is 282 g/mol. The first-order valence-electron chi connectivity index (χ1n) is 5.01. The second-order valence-electron chi connectivity index (χ2n) is 3.94. The number of nitrogens with zero attached hydrogens (tertiary/aromatic N) is 2. The first-order valence-corrected chi connectivity index (χ1v) is 5.80. The van der Waals surface area contributed by atoms with Crippen LogP contribution in [0.5, 0.6) is 5.88 Å². The van der Waals surface area contributed by atoms with Gasteiger partial charge in [0.25, 0.3) is 0 Å². The lowest BCUT2D eigenvalue weighted by Crippen LogP contribution is -1.95. The number of hydrogen-bond acceptors (Lipinski definition) is 3. The Morgan fingerprint density at radius 1 is 1.31 bits per heavy atom. The molecular weight excluding hydrogens is 275 g/mol. The lowest BCUT2D eigenvalue weighted by molar-refractivity contribution is 0.453. The SMILES string of the molecule is Oc1nc(C2CC2)nc2ccc(Br)c(F)c12. The standard InChI is InChI=1S/C11H8BrFN2O/c12-6-3-4-7-8(9(6)13)11(16)15-10(14-7)5-1-2-5/h3-5H,1-2H2,(H,14,15,16). The Bertz CT molecular complexity index is 584. The summed E-state index contributed by atoms with van der Waals surface area (Å²) in [5, 5.41) is 9.80. The summed E-state index contributed by atoms with van der Waals surface area (Å²) >= 11 is 3.07. The number of halogens is 2. The summed E-state index contributed by atoms with van der Waals surface area (Å²) in [5.41, 5.74) is 0.454. The van der Waals surface area contributed by atoms with Crippen LogP contribution in [0, 0.1) is 5.82 Å². The van der Waals surface area contributed by atoms with Crippen molar-refractivity contribution in [2.75, 3.05) is 0 Å². The van der Waals surface area contributed by atoms with E-state index in [4.69, 9.17) is 0 Å². The molecule has 1 aliphatic rings. The number of aromatic hydroxyl groups is 1. The van der Waals surface area contributed by atoms with Gasteiger partial charge in [0, 0.05) is 5.92 Å². The molecule has 2 aromatic rings. The third-order valence-corrected chi connectivity index (χ3v) is 3.31. The van der Waals surface area contributed by atoms with Crippen molar-refractivity contribution in [2.24, 2.45) is 0 Å². The number of fused-ring (bicyclic) bond motifs is 1.